The number of carbonyl (C=O) groups is 4. The molecule has 0 aliphatic carbocycles. The van der Waals surface area contributed by atoms with Gasteiger partial charge in [-0.15, -0.1) is 0 Å². The first-order valence-corrected chi connectivity index (χ1v) is 40.8. The number of carbonyl (C=O) groups excluding carboxylic acids is 4. The lowest BCUT2D eigenvalue weighted by molar-refractivity contribution is -0.161. The van der Waals surface area contributed by atoms with Crippen LogP contribution in [0, 0.1) is 0 Å². The zero-order valence-electron chi connectivity index (χ0n) is 60.5. The number of esters is 4. The summed E-state index contributed by atoms with van der Waals surface area (Å²) in [4.78, 5) is 72.7. The number of phosphoric ester groups is 2. The number of aliphatic hydroxyl groups excluding tert-OH is 1. The van der Waals surface area contributed by atoms with E-state index in [1.54, 1.807) is 0 Å². The molecule has 3 N–H and O–H groups in total. The van der Waals surface area contributed by atoms with Gasteiger partial charge >= 0.3 is 39.5 Å². The van der Waals surface area contributed by atoms with E-state index in [9.17, 15) is 43.2 Å². The van der Waals surface area contributed by atoms with Crippen LogP contribution in [0.1, 0.15) is 323 Å². The Bertz CT molecular complexity index is 2160. The second-order valence-electron chi connectivity index (χ2n) is 25.2. The van der Waals surface area contributed by atoms with Crippen LogP contribution in [0.3, 0.4) is 0 Å². The molecule has 556 valence electrons. The Kier molecular flexibility index (Phi) is 67.0. The largest absolute Gasteiger partial charge is 0.472 e. The van der Waals surface area contributed by atoms with Crippen LogP contribution >= 0.6 is 15.6 Å². The average Bonchev–Trinajstić information content (AvgIpc) is 1.17. The zero-order valence-corrected chi connectivity index (χ0v) is 62.3. The number of rotatable bonds is 71. The second kappa shape index (κ2) is 69.7. The highest BCUT2D eigenvalue weighted by atomic mass is 31.2. The number of aliphatic hydroxyl groups is 1. The first-order chi connectivity index (χ1) is 46.7. The van der Waals surface area contributed by atoms with Crippen molar-refractivity contribution < 1.29 is 80.2 Å². The Morgan fingerprint density at radius 1 is 0.302 bits per heavy atom. The molecule has 0 spiro atoms. The third-order valence-corrected chi connectivity index (χ3v) is 17.7. The van der Waals surface area contributed by atoms with Crippen molar-refractivity contribution in [3.8, 4) is 0 Å². The van der Waals surface area contributed by atoms with E-state index in [2.05, 4.69) is 113 Å². The van der Waals surface area contributed by atoms with E-state index in [-0.39, 0.29) is 25.7 Å². The maximum absolute atomic E-state index is 13.1. The molecule has 5 atom stereocenters. The fourth-order valence-electron chi connectivity index (χ4n) is 10.1. The Hall–Kier alpha value is -3.76. The van der Waals surface area contributed by atoms with E-state index in [4.69, 9.17) is 37.0 Å². The lowest BCUT2D eigenvalue weighted by atomic mass is 10.1. The minimum Gasteiger partial charge on any atom is -0.462 e. The van der Waals surface area contributed by atoms with E-state index >= 15 is 0 Å². The first kappa shape index (κ1) is 92.2. The molecule has 96 heavy (non-hydrogen) atoms. The normalized spacial score (nSPS) is 14.4. The molecule has 0 aromatic carbocycles. The van der Waals surface area contributed by atoms with Gasteiger partial charge in [-0.25, -0.2) is 9.13 Å². The van der Waals surface area contributed by atoms with Gasteiger partial charge in [-0.2, -0.15) is 0 Å². The molecule has 0 bridgehead atoms. The standard InChI is InChI=1S/C77H136O17P2/c1-5-9-13-17-21-25-29-32-33-34-35-36-37-40-43-46-50-54-58-62-75(80)88-68-73(94-77(82)64-60-56-52-48-44-39-31-27-23-19-15-11-7-3)70-92-96(85,86)90-66-71(78)65-89-95(83,84)91-69-72(93-76(81)63-59-55-51-47-41-28-24-20-16-12-8-4)67-87-74(79)61-57-53-49-45-42-38-30-26-22-18-14-10-6-2/h9,13,15,19,21,25-27,30-33,35-36,71-73,78H,5-8,10-12,14,16-18,20,22-24,28-29,34,37-70H2,1-4H3,(H,83,84)(H,85,86)/b13-9-,19-15-,25-21-,30-26-,31-27-,33-32-,36-35-. The van der Waals surface area contributed by atoms with Crippen molar-refractivity contribution >= 4 is 39.5 Å². The van der Waals surface area contributed by atoms with Crippen molar-refractivity contribution in [2.24, 2.45) is 0 Å². The van der Waals surface area contributed by atoms with Gasteiger partial charge in [0, 0.05) is 25.7 Å². The third kappa shape index (κ3) is 68.8. The molecule has 0 saturated heterocycles. The molecule has 0 amide bonds. The number of ether oxygens (including phenoxy) is 4. The molecule has 19 heteroatoms. The van der Waals surface area contributed by atoms with Crippen LogP contribution in [0.5, 0.6) is 0 Å². The van der Waals surface area contributed by atoms with Crippen LogP contribution in [-0.2, 0) is 65.4 Å². The SMILES string of the molecule is CC/C=C\C/C=C\C/C=C\C/C=C\CCCCCCCCC(=O)OCC(COP(=O)(O)OCC(O)COP(=O)(O)OCC(COC(=O)CCCCCCC/C=C\CCCCCC)OC(=O)CCCCCCCCCCCCC)OC(=O)CCCCCCC/C=C\C/C=C\CCC. The number of hydrogen-bond donors (Lipinski definition) is 3. The minimum atomic E-state index is -4.98. The number of unbranched alkanes of at least 4 members (excludes halogenated alkanes) is 31. The van der Waals surface area contributed by atoms with Crippen LogP contribution in [0.4, 0.5) is 0 Å². The molecule has 0 aromatic rings. The molecule has 0 aromatic heterocycles. The molecule has 0 aliphatic heterocycles. The summed E-state index contributed by atoms with van der Waals surface area (Å²) in [5.41, 5.74) is 0. The highest BCUT2D eigenvalue weighted by Gasteiger charge is 2.30. The Morgan fingerprint density at radius 3 is 0.896 bits per heavy atom. The molecule has 0 heterocycles. The molecule has 0 radical (unpaired) electrons. The Morgan fingerprint density at radius 2 is 0.562 bits per heavy atom. The minimum absolute atomic E-state index is 0.0761. The van der Waals surface area contributed by atoms with Crippen molar-refractivity contribution in [3.05, 3.63) is 85.1 Å². The maximum Gasteiger partial charge on any atom is 0.472 e. The lowest BCUT2D eigenvalue weighted by Crippen LogP contribution is -2.30. The number of allylic oxidation sites excluding steroid dienone is 14. The van der Waals surface area contributed by atoms with Gasteiger partial charge in [-0.1, -0.05) is 267 Å². The highest BCUT2D eigenvalue weighted by Crippen LogP contribution is 2.45. The van der Waals surface area contributed by atoms with Crippen molar-refractivity contribution in [3.63, 3.8) is 0 Å². The summed E-state index contributed by atoms with van der Waals surface area (Å²) in [6.45, 7) is 4.66. The van der Waals surface area contributed by atoms with Crippen LogP contribution in [0.15, 0.2) is 85.1 Å². The van der Waals surface area contributed by atoms with Crippen molar-refractivity contribution in [2.45, 2.75) is 341 Å². The summed E-state index contributed by atoms with van der Waals surface area (Å²) in [5, 5.41) is 10.6. The fourth-order valence-corrected chi connectivity index (χ4v) is 11.6. The van der Waals surface area contributed by atoms with Gasteiger partial charge in [0.2, 0.25) is 0 Å². The van der Waals surface area contributed by atoms with Crippen molar-refractivity contribution in [1.29, 1.82) is 0 Å². The topological polar surface area (TPSA) is 237 Å². The summed E-state index contributed by atoms with van der Waals surface area (Å²) in [7, 11) is -9.94. The summed E-state index contributed by atoms with van der Waals surface area (Å²) in [5.74, 6) is -2.20. The van der Waals surface area contributed by atoms with Crippen molar-refractivity contribution in [1.82, 2.24) is 0 Å². The van der Waals surface area contributed by atoms with Gasteiger partial charge < -0.3 is 33.8 Å². The predicted octanol–water partition coefficient (Wildman–Crippen LogP) is 21.4. The first-order valence-electron chi connectivity index (χ1n) is 37.8. The molecule has 0 saturated carbocycles. The highest BCUT2D eigenvalue weighted by molar-refractivity contribution is 7.47. The van der Waals surface area contributed by atoms with E-state index in [0.717, 1.165) is 180 Å². The molecular formula is C77H136O17P2. The van der Waals surface area contributed by atoms with E-state index in [1.807, 2.05) is 0 Å². The maximum atomic E-state index is 13.1. The molecular weight excluding hydrogens is 1260 g/mol. The molecule has 0 aliphatic rings. The second-order valence-corrected chi connectivity index (χ2v) is 28.1. The number of phosphoric acid groups is 2. The summed E-state index contributed by atoms with van der Waals surface area (Å²) >= 11 is 0. The van der Waals surface area contributed by atoms with E-state index in [0.29, 0.717) is 25.7 Å². The van der Waals surface area contributed by atoms with Gasteiger partial charge in [0.1, 0.15) is 19.3 Å². The lowest BCUT2D eigenvalue weighted by Gasteiger charge is -2.21. The van der Waals surface area contributed by atoms with Gasteiger partial charge in [-0.3, -0.25) is 37.3 Å². The van der Waals surface area contributed by atoms with Gasteiger partial charge in [0.25, 0.3) is 0 Å². The number of hydrogen-bond acceptors (Lipinski definition) is 15. The quantitative estimate of drug-likeness (QED) is 0.0169. The van der Waals surface area contributed by atoms with Crippen molar-refractivity contribution in [2.75, 3.05) is 39.6 Å². The molecule has 5 unspecified atom stereocenters. The smallest absolute Gasteiger partial charge is 0.462 e. The van der Waals surface area contributed by atoms with Crippen LogP contribution < -0.4 is 0 Å². The van der Waals surface area contributed by atoms with Crippen LogP contribution in [-0.4, -0.2) is 96.7 Å². The predicted molar refractivity (Wildman–Crippen MR) is 390 cm³/mol. The van der Waals surface area contributed by atoms with Crippen LogP contribution in [0.2, 0.25) is 0 Å². The summed E-state index contributed by atoms with van der Waals surface area (Å²) < 4.78 is 68.4. The Labute approximate surface area is 583 Å². The van der Waals surface area contributed by atoms with E-state index < -0.39 is 97.5 Å². The fraction of sp³-hybridized carbons (Fsp3) is 0.766. The monoisotopic (exact) mass is 1390 g/mol. The zero-order chi connectivity index (χ0) is 70.4. The molecule has 17 nitrogen and oxygen atoms in total. The average molecular weight is 1400 g/mol. The summed E-state index contributed by atoms with van der Waals surface area (Å²) in [6, 6.07) is 0. The van der Waals surface area contributed by atoms with E-state index in [1.165, 1.54) is 64.2 Å². The molecule has 0 rings (SSSR count). The van der Waals surface area contributed by atoms with Gasteiger partial charge in [0.05, 0.1) is 26.4 Å². The van der Waals surface area contributed by atoms with Gasteiger partial charge in [-0.05, 0) is 116 Å². The van der Waals surface area contributed by atoms with Gasteiger partial charge in [0.15, 0.2) is 12.2 Å². The Balaban J connectivity index is 5.31. The van der Waals surface area contributed by atoms with Crippen LogP contribution in [0.25, 0.3) is 0 Å². The third-order valence-electron chi connectivity index (χ3n) is 15.8. The molecule has 0 fully saturated rings. The summed E-state index contributed by atoms with van der Waals surface area (Å²) in [6.07, 6.45) is 70.1.